The van der Waals surface area contributed by atoms with Crippen molar-refractivity contribution in [1.82, 2.24) is 9.88 Å². The van der Waals surface area contributed by atoms with Crippen molar-refractivity contribution in [3.05, 3.63) is 21.8 Å². The summed E-state index contributed by atoms with van der Waals surface area (Å²) in [6.07, 6.45) is 4.14. The minimum Gasteiger partial charge on any atom is -0.383 e. The van der Waals surface area contributed by atoms with Crippen LogP contribution in [0.25, 0.3) is 6.08 Å². The molecular weight excluding hydrogens is 168 g/mol. The molecule has 0 amide bonds. The van der Waals surface area contributed by atoms with E-state index >= 15 is 0 Å². The van der Waals surface area contributed by atoms with Crippen LogP contribution in [-0.2, 0) is 0 Å². The minimum atomic E-state index is 1.12. The van der Waals surface area contributed by atoms with Crippen LogP contribution in [0.2, 0.25) is 0 Å². The molecule has 1 aromatic heterocycles. The Balaban J connectivity index is 2.81. The Morgan fingerprint density at radius 1 is 1.33 bits per heavy atom. The van der Waals surface area contributed by atoms with Gasteiger partial charge in [0.1, 0.15) is 0 Å². The normalized spacial score (nSPS) is 11.0. The number of nitrogens with zero attached hydrogens (tertiary/aromatic N) is 2. The molecule has 0 saturated carbocycles. The van der Waals surface area contributed by atoms with E-state index in [1.807, 2.05) is 39.0 Å². The third-order valence-corrected chi connectivity index (χ3v) is 2.50. The Hall–Kier alpha value is -0.830. The quantitative estimate of drug-likeness (QED) is 0.697. The molecule has 0 radical (unpaired) electrons. The van der Waals surface area contributed by atoms with E-state index in [1.165, 1.54) is 4.88 Å². The zero-order chi connectivity index (χ0) is 9.14. The smallest absolute Gasteiger partial charge is 0.0903 e. The van der Waals surface area contributed by atoms with Crippen LogP contribution in [0, 0.1) is 13.8 Å². The van der Waals surface area contributed by atoms with Gasteiger partial charge in [0.2, 0.25) is 0 Å². The maximum Gasteiger partial charge on any atom is 0.0903 e. The van der Waals surface area contributed by atoms with Crippen LogP contribution in [0.5, 0.6) is 0 Å². The van der Waals surface area contributed by atoms with Gasteiger partial charge in [-0.15, -0.1) is 11.3 Å². The molecule has 0 bridgehead atoms. The summed E-state index contributed by atoms with van der Waals surface area (Å²) >= 11 is 1.73. The molecule has 0 atom stereocenters. The van der Waals surface area contributed by atoms with E-state index in [-0.39, 0.29) is 0 Å². The summed E-state index contributed by atoms with van der Waals surface area (Å²) in [5, 5.41) is 1.13. The second kappa shape index (κ2) is 3.72. The molecule has 12 heavy (non-hydrogen) atoms. The molecule has 0 aliphatic heterocycles. The third-order valence-electron chi connectivity index (χ3n) is 1.46. The zero-order valence-electron chi connectivity index (χ0n) is 7.96. The van der Waals surface area contributed by atoms with E-state index in [1.54, 1.807) is 11.3 Å². The van der Waals surface area contributed by atoms with Crippen molar-refractivity contribution in [2.45, 2.75) is 13.8 Å². The van der Waals surface area contributed by atoms with Crippen LogP contribution in [0.3, 0.4) is 0 Å². The number of hydrogen-bond donors (Lipinski definition) is 0. The fraction of sp³-hybridized carbons (Fsp3) is 0.444. The maximum atomic E-state index is 4.34. The van der Waals surface area contributed by atoms with Crippen molar-refractivity contribution in [3.63, 3.8) is 0 Å². The third kappa shape index (κ3) is 2.34. The number of aryl methyl sites for hydroxylation is 2. The Morgan fingerprint density at radius 3 is 2.42 bits per heavy atom. The number of hydrogen-bond acceptors (Lipinski definition) is 3. The summed E-state index contributed by atoms with van der Waals surface area (Å²) in [6, 6.07) is 0. The first-order chi connectivity index (χ1) is 5.59. The molecule has 0 unspecified atom stereocenters. The molecule has 1 aromatic rings. The number of aromatic nitrogens is 1. The van der Waals surface area contributed by atoms with Gasteiger partial charge in [0.15, 0.2) is 0 Å². The highest BCUT2D eigenvalue weighted by atomic mass is 32.1. The van der Waals surface area contributed by atoms with Gasteiger partial charge < -0.3 is 4.90 Å². The standard InChI is InChI=1S/C9H14N2S/c1-7-9(5-6-11(3)4)12-8(2)10-7/h5-6H,1-4H3. The van der Waals surface area contributed by atoms with Crippen LogP contribution >= 0.6 is 11.3 Å². The molecule has 3 heteroatoms. The number of rotatable bonds is 2. The fourth-order valence-electron chi connectivity index (χ4n) is 0.918. The first kappa shape index (κ1) is 9.26. The molecule has 0 spiro atoms. The van der Waals surface area contributed by atoms with Gasteiger partial charge in [-0.05, 0) is 26.1 Å². The molecule has 1 heterocycles. The lowest BCUT2D eigenvalue weighted by atomic mass is 10.4. The molecular formula is C9H14N2S. The van der Waals surface area contributed by atoms with Gasteiger partial charge in [-0.1, -0.05) is 0 Å². The van der Waals surface area contributed by atoms with Gasteiger partial charge in [0.25, 0.3) is 0 Å². The first-order valence-corrected chi connectivity index (χ1v) is 4.70. The van der Waals surface area contributed by atoms with Crippen molar-refractivity contribution >= 4 is 17.4 Å². The highest BCUT2D eigenvalue weighted by Crippen LogP contribution is 2.18. The van der Waals surface area contributed by atoms with E-state index in [9.17, 15) is 0 Å². The van der Waals surface area contributed by atoms with E-state index < -0.39 is 0 Å². The van der Waals surface area contributed by atoms with Gasteiger partial charge >= 0.3 is 0 Å². The first-order valence-electron chi connectivity index (χ1n) is 3.88. The van der Waals surface area contributed by atoms with E-state index in [4.69, 9.17) is 0 Å². The molecule has 0 fully saturated rings. The SMILES string of the molecule is Cc1nc(C)c(C=CN(C)C)s1. The van der Waals surface area contributed by atoms with Gasteiger partial charge in [0, 0.05) is 14.1 Å². The van der Waals surface area contributed by atoms with Gasteiger partial charge in [-0.3, -0.25) is 0 Å². The molecule has 0 aromatic carbocycles. The predicted octanol–water partition coefficient (Wildman–Crippen LogP) is 2.29. The summed E-state index contributed by atoms with van der Waals surface area (Å²) < 4.78 is 0. The molecule has 0 N–H and O–H groups in total. The van der Waals surface area contributed by atoms with Crippen LogP contribution < -0.4 is 0 Å². The molecule has 2 nitrogen and oxygen atoms in total. The zero-order valence-corrected chi connectivity index (χ0v) is 8.77. The summed E-state index contributed by atoms with van der Waals surface area (Å²) in [7, 11) is 4.03. The van der Waals surface area contributed by atoms with E-state index in [2.05, 4.69) is 11.1 Å². The van der Waals surface area contributed by atoms with Crippen LogP contribution in [0.1, 0.15) is 15.6 Å². The predicted molar refractivity (Wildman–Crippen MR) is 54.3 cm³/mol. The molecule has 0 aliphatic carbocycles. The average Bonchev–Trinajstić information content (AvgIpc) is 2.26. The summed E-state index contributed by atoms with van der Waals surface area (Å²) in [4.78, 5) is 7.61. The highest BCUT2D eigenvalue weighted by Gasteiger charge is 1.99. The van der Waals surface area contributed by atoms with Crippen molar-refractivity contribution < 1.29 is 0 Å². The highest BCUT2D eigenvalue weighted by molar-refractivity contribution is 7.12. The van der Waals surface area contributed by atoms with Gasteiger partial charge in [-0.25, -0.2) is 4.98 Å². The Bertz CT molecular complexity index is 287. The van der Waals surface area contributed by atoms with Crippen molar-refractivity contribution in [2.75, 3.05) is 14.1 Å². The Morgan fingerprint density at radius 2 is 2.00 bits per heavy atom. The van der Waals surface area contributed by atoms with Gasteiger partial charge in [0.05, 0.1) is 15.6 Å². The number of thiazole rings is 1. The molecule has 1 rings (SSSR count). The molecule has 66 valence electrons. The van der Waals surface area contributed by atoms with Crippen molar-refractivity contribution in [3.8, 4) is 0 Å². The van der Waals surface area contributed by atoms with E-state index in [0.717, 1.165) is 10.7 Å². The topological polar surface area (TPSA) is 16.1 Å². The van der Waals surface area contributed by atoms with Crippen LogP contribution in [0.4, 0.5) is 0 Å². The Kier molecular flexibility index (Phi) is 2.87. The lowest BCUT2D eigenvalue weighted by Gasteiger charge is -2.01. The maximum absolute atomic E-state index is 4.34. The second-order valence-corrected chi connectivity index (χ2v) is 4.20. The molecule has 0 aliphatic rings. The largest absolute Gasteiger partial charge is 0.383 e. The van der Waals surface area contributed by atoms with Crippen molar-refractivity contribution in [2.24, 2.45) is 0 Å². The summed E-state index contributed by atoms with van der Waals surface area (Å²) in [5.41, 5.74) is 1.12. The minimum absolute atomic E-state index is 1.12. The van der Waals surface area contributed by atoms with Gasteiger partial charge in [-0.2, -0.15) is 0 Å². The summed E-state index contributed by atoms with van der Waals surface area (Å²) in [6.45, 7) is 4.07. The van der Waals surface area contributed by atoms with E-state index in [0.29, 0.717) is 0 Å². The lowest BCUT2D eigenvalue weighted by molar-refractivity contribution is 0.567. The Labute approximate surface area is 77.6 Å². The van der Waals surface area contributed by atoms with Crippen LogP contribution in [-0.4, -0.2) is 24.0 Å². The lowest BCUT2D eigenvalue weighted by Crippen LogP contribution is -1.99. The van der Waals surface area contributed by atoms with Crippen LogP contribution in [0.15, 0.2) is 6.20 Å². The monoisotopic (exact) mass is 182 g/mol. The second-order valence-electron chi connectivity index (χ2n) is 2.96. The molecule has 0 saturated heterocycles. The summed E-state index contributed by atoms with van der Waals surface area (Å²) in [5.74, 6) is 0. The fourth-order valence-corrected chi connectivity index (χ4v) is 1.74. The van der Waals surface area contributed by atoms with Crippen molar-refractivity contribution in [1.29, 1.82) is 0 Å². The average molecular weight is 182 g/mol.